The number of methoxy groups -OCH3 is 1. The molecular weight excluding hydrogens is 546 g/mol. The molecular formula is C29H43N5O6S. The van der Waals surface area contributed by atoms with Crippen molar-refractivity contribution in [2.24, 2.45) is 27.9 Å². The fraction of sp³-hybridized carbons (Fsp3) is 0.724. The van der Waals surface area contributed by atoms with Crippen molar-refractivity contribution >= 4 is 45.9 Å². The minimum atomic E-state index is -1.07. The maximum absolute atomic E-state index is 14.3. The van der Waals surface area contributed by atoms with Crippen molar-refractivity contribution in [2.75, 3.05) is 19.0 Å². The number of amides is 3. The van der Waals surface area contributed by atoms with Gasteiger partial charge in [-0.2, -0.15) is 0 Å². The van der Waals surface area contributed by atoms with Crippen LogP contribution in [0, 0.1) is 22.2 Å². The zero-order valence-electron chi connectivity index (χ0n) is 24.9. The topological polar surface area (TPSA) is 161 Å². The zero-order valence-corrected chi connectivity index (χ0v) is 25.7. The van der Waals surface area contributed by atoms with Crippen molar-refractivity contribution in [1.82, 2.24) is 15.2 Å². The molecule has 4 rings (SSSR count). The Morgan fingerprint density at radius 3 is 2.39 bits per heavy atom. The van der Waals surface area contributed by atoms with Crippen LogP contribution in [-0.4, -0.2) is 71.1 Å². The van der Waals surface area contributed by atoms with E-state index in [0.717, 1.165) is 25.7 Å². The van der Waals surface area contributed by atoms with Crippen molar-refractivity contribution in [2.45, 2.75) is 97.7 Å². The van der Waals surface area contributed by atoms with E-state index in [2.05, 4.69) is 29.5 Å². The second-order valence-corrected chi connectivity index (χ2v) is 14.5. The lowest BCUT2D eigenvalue weighted by molar-refractivity contribution is -0.142. The summed E-state index contributed by atoms with van der Waals surface area (Å²) in [5.41, 5.74) is 5.09. The van der Waals surface area contributed by atoms with Gasteiger partial charge in [-0.15, -0.1) is 11.3 Å². The molecule has 2 saturated carbocycles. The van der Waals surface area contributed by atoms with Crippen LogP contribution in [0.15, 0.2) is 5.38 Å². The average Bonchev–Trinajstić information content (AvgIpc) is 3.19. The molecule has 3 amide bonds. The summed E-state index contributed by atoms with van der Waals surface area (Å²) in [5.74, 6) is -2.68. The van der Waals surface area contributed by atoms with Crippen LogP contribution in [0.1, 0.15) is 78.8 Å². The second kappa shape index (κ2) is 11.3. The number of aromatic nitrogens is 1. The van der Waals surface area contributed by atoms with E-state index in [0.29, 0.717) is 30.2 Å². The maximum Gasteiger partial charge on any atom is 0.311 e. The lowest BCUT2D eigenvalue weighted by Gasteiger charge is -2.36. The van der Waals surface area contributed by atoms with Gasteiger partial charge < -0.3 is 26.0 Å². The number of anilines is 1. The lowest BCUT2D eigenvalue weighted by atomic mass is 9.80. The largest absolute Gasteiger partial charge is 0.469 e. The van der Waals surface area contributed by atoms with Crippen LogP contribution in [0.3, 0.4) is 0 Å². The normalized spacial score (nSPS) is 24.7. The average molecular weight is 590 g/mol. The number of carbonyl (C=O) groups is 5. The van der Waals surface area contributed by atoms with Gasteiger partial charge in [0.05, 0.1) is 25.3 Å². The molecule has 2 unspecified atom stereocenters. The minimum Gasteiger partial charge on any atom is -0.469 e. The van der Waals surface area contributed by atoms with Gasteiger partial charge in [0.2, 0.25) is 17.6 Å². The van der Waals surface area contributed by atoms with Gasteiger partial charge in [0.15, 0.2) is 5.13 Å². The van der Waals surface area contributed by atoms with Gasteiger partial charge in [0.1, 0.15) is 12.1 Å². The molecule has 1 saturated heterocycles. The summed E-state index contributed by atoms with van der Waals surface area (Å²) in [7, 11) is 1.32. The van der Waals surface area contributed by atoms with Crippen LogP contribution in [0.4, 0.5) is 5.13 Å². The summed E-state index contributed by atoms with van der Waals surface area (Å²) in [6.07, 6.45) is 4.71. The SMILES string of the molecule is COC(=O)Cc1csc(N[C@H](C(=O)N2CC3(C[C@H]2C(=O)NC(CC2CCC2)C(=O)C(N)=O)CC3(C)C)C(C)(C)C)n1. The predicted molar refractivity (Wildman–Crippen MR) is 154 cm³/mol. The van der Waals surface area contributed by atoms with Crippen LogP contribution >= 0.6 is 11.3 Å². The Balaban J connectivity index is 1.57. The molecule has 0 bridgehead atoms. The van der Waals surface area contributed by atoms with Crippen molar-refractivity contribution < 1.29 is 28.7 Å². The first-order valence-electron chi connectivity index (χ1n) is 14.3. The van der Waals surface area contributed by atoms with Gasteiger partial charge in [-0.1, -0.05) is 53.9 Å². The number of thiazole rings is 1. The first kappa shape index (κ1) is 30.9. The Labute approximate surface area is 245 Å². The molecule has 1 aromatic rings. The third-order valence-electron chi connectivity index (χ3n) is 9.27. The summed E-state index contributed by atoms with van der Waals surface area (Å²) in [5, 5.41) is 8.32. The van der Waals surface area contributed by atoms with E-state index in [1.54, 1.807) is 10.3 Å². The molecule has 226 valence electrons. The molecule has 1 aliphatic heterocycles. The van der Waals surface area contributed by atoms with Crippen molar-refractivity contribution in [1.29, 1.82) is 0 Å². The summed E-state index contributed by atoms with van der Waals surface area (Å²) in [6, 6.07) is -2.50. The highest BCUT2D eigenvalue weighted by atomic mass is 32.1. The molecule has 2 heterocycles. The molecule has 4 N–H and O–H groups in total. The molecule has 3 fully saturated rings. The summed E-state index contributed by atoms with van der Waals surface area (Å²) in [6.45, 7) is 10.5. The smallest absolute Gasteiger partial charge is 0.311 e. The van der Waals surface area contributed by atoms with E-state index in [4.69, 9.17) is 10.5 Å². The van der Waals surface area contributed by atoms with Crippen LogP contribution in [0.2, 0.25) is 0 Å². The number of rotatable bonds is 11. The Morgan fingerprint density at radius 2 is 1.88 bits per heavy atom. The first-order valence-corrected chi connectivity index (χ1v) is 15.2. The van der Waals surface area contributed by atoms with Crippen molar-refractivity contribution in [3.05, 3.63) is 11.1 Å². The molecule has 1 aromatic heterocycles. The third-order valence-corrected chi connectivity index (χ3v) is 10.1. The molecule has 0 aromatic carbocycles. The molecule has 12 heteroatoms. The Morgan fingerprint density at radius 1 is 1.22 bits per heavy atom. The highest BCUT2D eigenvalue weighted by molar-refractivity contribution is 7.13. The fourth-order valence-electron chi connectivity index (χ4n) is 6.21. The number of nitrogens with zero attached hydrogens (tertiary/aromatic N) is 2. The number of carbonyl (C=O) groups excluding carboxylic acids is 5. The van der Waals surface area contributed by atoms with E-state index < -0.39 is 47.1 Å². The zero-order chi connectivity index (χ0) is 30.3. The van der Waals surface area contributed by atoms with E-state index >= 15 is 0 Å². The molecule has 0 radical (unpaired) electrons. The van der Waals surface area contributed by atoms with E-state index in [-0.39, 0.29) is 29.1 Å². The van der Waals surface area contributed by atoms with E-state index in [1.807, 2.05) is 20.8 Å². The summed E-state index contributed by atoms with van der Waals surface area (Å²) >= 11 is 1.29. The van der Waals surface area contributed by atoms with E-state index in [9.17, 15) is 24.0 Å². The van der Waals surface area contributed by atoms with Gasteiger partial charge in [-0.25, -0.2) is 4.98 Å². The number of primary amides is 1. The van der Waals surface area contributed by atoms with Crippen molar-refractivity contribution in [3.63, 3.8) is 0 Å². The molecule has 41 heavy (non-hydrogen) atoms. The monoisotopic (exact) mass is 589 g/mol. The van der Waals surface area contributed by atoms with Gasteiger partial charge >= 0.3 is 5.97 Å². The molecule has 11 nitrogen and oxygen atoms in total. The Kier molecular flexibility index (Phi) is 8.55. The maximum atomic E-state index is 14.3. The van der Waals surface area contributed by atoms with E-state index in [1.165, 1.54) is 18.4 Å². The van der Waals surface area contributed by atoms with Crippen LogP contribution in [-0.2, 0) is 35.1 Å². The third kappa shape index (κ3) is 6.57. The van der Waals surface area contributed by atoms with Crippen LogP contribution in [0.5, 0.6) is 0 Å². The summed E-state index contributed by atoms with van der Waals surface area (Å²) < 4.78 is 4.73. The quantitative estimate of drug-likeness (QED) is 0.262. The van der Waals surface area contributed by atoms with Gasteiger partial charge in [-0.3, -0.25) is 24.0 Å². The Bertz CT molecular complexity index is 1220. The number of Topliss-reactive ketones (excluding diaryl/α,β-unsaturated/α-hetero) is 1. The van der Waals surface area contributed by atoms with Crippen LogP contribution in [0.25, 0.3) is 0 Å². The number of nitrogens with two attached hydrogens (primary N) is 1. The number of ether oxygens (including phenoxy) is 1. The van der Waals surface area contributed by atoms with Crippen LogP contribution < -0.4 is 16.4 Å². The number of likely N-dealkylation sites (tertiary alicyclic amines) is 1. The first-order chi connectivity index (χ1) is 19.1. The van der Waals surface area contributed by atoms with Gasteiger partial charge in [0, 0.05) is 11.9 Å². The van der Waals surface area contributed by atoms with Gasteiger partial charge in [0.25, 0.3) is 5.91 Å². The highest BCUT2D eigenvalue weighted by Crippen LogP contribution is 2.69. The number of hydrogen-bond donors (Lipinski definition) is 3. The minimum absolute atomic E-state index is 0.0286. The Hall–Kier alpha value is -3.02. The van der Waals surface area contributed by atoms with Crippen molar-refractivity contribution in [3.8, 4) is 0 Å². The number of esters is 1. The highest BCUT2D eigenvalue weighted by Gasteiger charge is 2.67. The van der Waals surface area contributed by atoms with Gasteiger partial charge in [-0.05, 0) is 41.4 Å². The number of nitrogens with one attached hydrogen (secondary N) is 2. The fourth-order valence-corrected chi connectivity index (χ4v) is 6.95. The summed E-state index contributed by atoms with van der Waals surface area (Å²) in [4.78, 5) is 70.3. The molecule has 4 atom stereocenters. The molecule has 3 aliphatic rings. The standard InChI is InChI=1S/C29H43N5O6S/c1-27(2,3)22(33-26-31-17(13-41-26)11-20(35)40-6)25(39)34-15-29(14-28(29,4)5)12-19(34)24(38)32-18(21(36)23(30)37)10-16-8-7-9-16/h13,16,18-19,22H,7-12,14-15H2,1-6H3,(H2,30,37)(H,31,33)(H,32,38)/t18?,19-,22+,29?/m0/s1. The lowest BCUT2D eigenvalue weighted by Crippen LogP contribution is -2.56. The molecule has 2 aliphatic carbocycles. The number of ketones is 1. The second-order valence-electron chi connectivity index (χ2n) is 13.7. The number of hydrogen-bond acceptors (Lipinski definition) is 9. The predicted octanol–water partition coefficient (Wildman–Crippen LogP) is 2.43. The molecule has 1 spiro atoms.